The summed E-state index contributed by atoms with van der Waals surface area (Å²) in [5.74, 6) is -0.397. The van der Waals surface area contributed by atoms with Crippen LogP contribution in [0.25, 0.3) is 0 Å². The highest BCUT2D eigenvalue weighted by molar-refractivity contribution is 9.10. The summed E-state index contributed by atoms with van der Waals surface area (Å²) in [6.45, 7) is 5.49. The Labute approximate surface area is 132 Å². The van der Waals surface area contributed by atoms with Gasteiger partial charge in [0, 0.05) is 17.2 Å². The second-order valence-corrected chi connectivity index (χ2v) is 6.24. The van der Waals surface area contributed by atoms with E-state index in [0.717, 1.165) is 4.47 Å². The van der Waals surface area contributed by atoms with Crippen molar-refractivity contribution in [1.29, 1.82) is 0 Å². The van der Waals surface area contributed by atoms with Gasteiger partial charge in [-0.15, -0.1) is 0 Å². The minimum atomic E-state index is -0.625. The summed E-state index contributed by atoms with van der Waals surface area (Å²) in [6, 6.07) is 1.73. The lowest BCUT2D eigenvalue weighted by molar-refractivity contribution is -0.140. The molecule has 0 bridgehead atoms. The SMILES string of the molecule is COC(=O)CCN(C(=O)OC(C)(C)C)c1cncc(Br)c1. The number of methoxy groups -OCH3 is 1. The maximum atomic E-state index is 12.3. The first-order valence-corrected chi connectivity index (χ1v) is 7.20. The molecule has 1 amide bonds. The number of halogens is 1. The zero-order valence-electron chi connectivity index (χ0n) is 12.6. The molecule has 0 N–H and O–H groups in total. The molecular formula is C14H19BrN2O4. The monoisotopic (exact) mass is 358 g/mol. The van der Waals surface area contributed by atoms with Crippen LogP contribution in [-0.4, -0.2) is 36.3 Å². The molecule has 0 saturated heterocycles. The summed E-state index contributed by atoms with van der Waals surface area (Å²) in [4.78, 5) is 29.0. The number of esters is 1. The van der Waals surface area contributed by atoms with Crippen LogP contribution in [0.3, 0.4) is 0 Å². The topological polar surface area (TPSA) is 68.7 Å². The van der Waals surface area contributed by atoms with Crippen molar-refractivity contribution in [3.8, 4) is 0 Å². The number of carbonyl (C=O) groups is 2. The summed E-state index contributed by atoms with van der Waals surface area (Å²) >= 11 is 3.30. The van der Waals surface area contributed by atoms with E-state index in [1.807, 2.05) is 0 Å². The second kappa shape index (κ2) is 7.40. The summed E-state index contributed by atoms with van der Waals surface area (Å²) in [7, 11) is 1.31. The average molecular weight is 359 g/mol. The molecule has 0 atom stereocenters. The Bertz CT molecular complexity index is 514. The van der Waals surface area contributed by atoms with Crippen LogP contribution in [-0.2, 0) is 14.3 Å². The fraction of sp³-hybridized carbons (Fsp3) is 0.500. The van der Waals surface area contributed by atoms with E-state index in [1.54, 1.807) is 33.0 Å². The van der Waals surface area contributed by atoms with Gasteiger partial charge in [0.05, 0.1) is 25.4 Å². The summed E-state index contributed by atoms with van der Waals surface area (Å²) in [5, 5.41) is 0. The Balaban J connectivity index is 2.94. The number of amides is 1. The lowest BCUT2D eigenvalue weighted by atomic mass is 10.2. The predicted octanol–water partition coefficient (Wildman–Crippen LogP) is 3.15. The molecule has 0 radical (unpaired) electrons. The van der Waals surface area contributed by atoms with Crippen LogP contribution < -0.4 is 4.90 Å². The second-order valence-electron chi connectivity index (χ2n) is 5.32. The Morgan fingerprint density at radius 1 is 1.33 bits per heavy atom. The Morgan fingerprint density at radius 3 is 2.52 bits per heavy atom. The van der Waals surface area contributed by atoms with Crippen molar-refractivity contribution < 1.29 is 19.1 Å². The third-order valence-electron chi connectivity index (χ3n) is 2.38. The number of carbonyl (C=O) groups excluding carboxylic acids is 2. The van der Waals surface area contributed by atoms with Gasteiger partial charge in [-0.2, -0.15) is 0 Å². The first-order chi connectivity index (χ1) is 9.73. The van der Waals surface area contributed by atoms with Crippen LogP contribution in [0.2, 0.25) is 0 Å². The van der Waals surface area contributed by atoms with Gasteiger partial charge in [0.2, 0.25) is 0 Å². The smallest absolute Gasteiger partial charge is 0.414 e. The molecule has 0 saturated carbocycles. The van der Waals surface area contributed by atoms with Gasteiger partial charge < -0.3 is 9.47 Å². The van der Waals surface area contributed by atoms with Crippen LogP contribution in [0.15, 0.2) is 22.9 Å². The van der Waals surface area contributed by atoms with Crippen molar-refractivity contribution in [2.75, 3.05) is 18.6 Å². The van der Waals surface area contributed by atoms with Crippen molar-refractivity contribution in [1.82, 2.24) is 4.98 Å². The number of pyridine rings is 1. The van der Waals surface area contributed by atoms with Gasteiger partial charge in [0.1, 0.15) is 5.60 Å². The zero-order chi connectivity index (χ0) is 16.0. The van der Waals surface area contributed by atoms with Gasteiger partial charge in [-0.1, -0.05) is 0 Å². The number of ether oxygens (including phenoxy) is 2. The molecule has 1 aromatic rings. The molecule has 0 unspecified atom stereocenters. The Kier molecular flexibility index (Phi) is 6.14. The molecule has 0 aliphatic heterocycles. The minimum absolute atomic E-state index is 0.0717. The van der Waals surface area contributed by atoms with Crippen LogP contribution in [0.4, 0.5) is 10.5 Å². The molecule has 1 aromatic heterocycles. The van der Waals surface area contributed by atoms with Gasteiger partial charge in [0.25, 0.3) is 0 Å². The van der Waals surface area contributed by atoms with E-state index in [9.17, 15) is 9.59 Å². The highest BCUT2D eigenvalue weighted by atomic mass is 79.9. The molecule has 1 heterocycles. The van der Waals surface area contributed by atoms with Crippen molar-refractivity contribution in [3.05, 3.63) is 22.9 Å². The van der Waals surface area contributed by atoms with Gasteiger partial charge in [0.15, 0.2) is 0 Å². The maximum absolute atomic E-state index is 12.3. The summed E-state index contributed by atoms with van der Waals surface area (Å²) in [6.07, 6.45) is 2.68. The molecule has 7 heteroatoms. The van der Waals surface area contributed by atoms with Gasteiger partial charge >= 0.3 is 12.1 Å². The molecule has 6 nitrogen and oxygen atoms in total. The molecule has 0 aliphatic rings. The first-order valence-electron chi connectivity index (χ1n) is 6.41. The first kappa shape index (κ1) is 17.4. The van der Waals surface area contributed by atoms with Crippen molar-refractivity contribution in [3.63, 3.8) is 0 Å². The molecule has 0 aliphatic carbocycles. The Hall–Kier alpha value is -1.63. The zero-order valence-corrected chi connectivity index (χ0v) is 14.1. The number of hydrogen-bond acceptors (Lipinski definition) is 5. The summed E-state index contributed by atoms with van der Waals surface area (Å²) < 4.78 is 10.7. The van der Waals surface area contributed by atoms with Crippen molar-refractivity contribution in [2.45, 2.75) is 32.8 Å². The maximum Gasteiger partial charge on any atom is 0.414 e. The van der Waals surface area contributed by atoms with E-state index in [-0.39, 0.29) is 13.0 Å². The van der Waals surface area contributed by atoms with Gasteiger partial charge in [-0.3, -0.25) is 14.7 Å². The molecule has 0 aromatic carbocycles. The van der Waals surface area contributed by atoms with E-state index in [0.29, 0.717) is 5.69 Å². The normalized spacial score (nSPS) is 10.9. The van der Waals surface area contributed by atoms with E-state index in [1.165, 1.54) is 18.2 Å². The molecule has 21 heavy (non-hydrogen) atoms. The highest BCUT2D eigenvalue weighted by Crippen LogP contribution is 2.21. The fourth-order valence-corrected chi connectivity index (χ4v) is 1.85. The number of hydrogen-bond donors (Lipinski definition) is 0. The number of rotatable bonds is 4. The molecule has 116 valence electrons. The molecule has 1 rings (SSSR count). The van der Waals surface area contributed by atoms with Crippen molar-refractivity contribution >= 4 is 33.7 Å². The van der Waals surface area contributed by atoms with Crippen LogP contribution in [0.5, 0.6) is 0 Å². The van der Waals surface area contributed by atoms with Gasteiger partial charge in [-0.25, -0.2) is 4.79 Å². The standard InChI is InChI=1S/C14H19BrN2O4/c1-14(2,3)21-13(19)17(6-5-12(18)20-4)11-7-10(15)8-16-9-11/h7-9H,5-6H2,1-4H3. The van der Waals surface area contributed by atoms with Crippen molar-refractivity contribution in [2.24, 2.45) is 0 Å². The van der Waals surface area contributed by atoms with E-state index in [2.05, 4.69) is 25.7 Å². The molecule has 0 spiro atoms. The average Bonchev–Trinajstić information content (AvgIpc) is 2.36. The number of anilines is 1. The molecular weight excluding hydrogens is 340 g/mol. The number of nitrogens with zero attached hydrogens (tertiary/aromatic N) is 2. The molecule has 0 fully saturated rings. The Morgan fingerprint density at radius 2 is 2.00 bits per heavy atom. The third kappa shape index (κ3) is 6.12. The van der Waals surface area contributed by atoms with E-state index in [4.69, 9.17) is 4.74 Å². The van der Waals surface area contributed by atoms with Crippen LogP contribution in [0, 0.1) is 0 Å². The summed E-state index contributed by atoms with van der Waals surface area (Å²) in [5.41, 5.74) is -0.0810. The predicted molar refractivity (Wildman–Crippen MR) is 82.2 cm³/mol. The lowest BCUT2D eigenvalue weighted by Gasteiger charge is -2.27. The third-order valence-corrected chi connectivity index (χ3v) is 2.82. The van der Waals surface area contributed by atoms with E-state index >= 15 is 0 Å². The fourth-order valence-electron chi connectivity index (χ4n) is 1.50. The van der Waals surface area contributed by atoms with Crippen LogP contribution >= 0.6 is 15.9 Å². The highest BCUT2D eigenvalue weighted by Gasteiger charge is 2.24. The largest absolute Gasteiger partial charge is 0.469 e. The van der Waals surface area contributed by atoms with Crippen LogP contribution in [0.1, 0.15) is 27.2 Å². The quantitative estimate of drug-likeness (QED) is 0.773. The lowest BCUT2D eigenvalue weighted by Crippen LogP contribution is -2.38. The minimum Gasteiger partial charge on any atom is -0.469 e. The van der Waals surface area contributed by atoms with E-state index < -0.39 is 17.7 Å². The number of aromatic nitrogens is 1. The van der Waals surface area contributed by atoms with Gasteiger partial charge in [-0.05, 0) is 42.8 Å².